The zero-order valence-corrected chi connectivity index (χ0v) is 11.5. The van der Waals surface area contributed by atoms with Crippen LogP contribution in [-0.2, 0) is 5.41 Å². The van der Waals surface area contributed by atoms with E-state index in [4.69, 9.17) is 0 Å². The molecule has 0 bridgehead atoms. The molecule has 2 aromatic carbocycles. The molecule has 0 fully saturated rings. The summed E-state index contributed by atoms with van der Waals surface area (Å²) >= 11 is 3.67. The average molecular weight is 288 g/mol. The Hall–Kier alpha value is -1.28. The van der Waals surface area contributed by atoms with Crippen LogP contribution in [0.1, 0.15) is 25.0 Å². The Kier molecular flexibility index (Phi) is 2.30. The Bertz CT molecular complexity index is 587. The van der Waals surface area contributed by atoms with Crippen LogP contribution in [0.4, 0.5) is 11.4 Å². The van der Waals surface area contributed by atoms with Crippen molar-refractivity contribution in [1.82, 2.24) is 0 Å². The lowest BCUT2D eigenvalue weighted by molar-refractivity contribution is 0.634. The normalized spacial score (nSPS) is 15.7. The third-order valence-electron chi connectivity index (χ3n) is 3.51. The summed E-state index contributed by atoms with van der Waals surface area (Å²) in [5.74, 6) is 0. The summed E-state index contributed by atoms with van der Waals surface area (Å²) in [5.41, 5.74) is 5.11. The molecule has 1 aliphatic rings. The van der Waals surface area contributed by atoms with E-state index >= 15 is 0 Å². The summed E-state index contributed by atoms with van der Waals surface area (Å²) < 4.78 is 1.17. The van der Waals surface area contributed by atoms with E-state index < -0.39 is 0 Å². The van der Waals surface area contributed by atoms with Gasteiger partial charge in [0.15, 0.2) is 0 Å². The van der Waals surface area contributed by atoms with Crippen molar-refractivity contribution in [2.45, 2.75) is 19.3 Å². The summed E-state index contributed by atoms with van der Waals surface area (Å²) in [6, 6.07) is 14.8. The summed E-state index contributed by atoms with van der Waals surface area (Å²) in [6.45, 7) is 4.55. The fourth-order valence-electron chi connectivity index (χ4n) is 2.68. The zero-order valence-electron chi connectivity index (χ0n) is 9.92. The van der Waals surface area contributed by atoms with Crippen LogP contribution in [0.25, 0.3) is 0 Å². The second kappa shape index (κ2) is 3.61. The summed E-state index contributed by atoms with van der Waals surface area (Å²) in [5, 5.41) is 3.51. The standard InChI is InChI=1S/C15H14BrN/c1-15(2)10-6-3-4-8-12(10)17-13-9-5-7-11(16)14(13)15/h3-9,17H,1-2H3. The van der Waals surface area contributed by atoms with Gasteiger partial charge in [-0.15, -0.1) is 0 Å². The molecule has 0 unspecified atom stereocenters. The third-order valence-corrected chi connectivity index (χ3v) is 4.17. The largest absolute Gasteiger partial charge is 0.355 e. The van der Waals surface area contributed by atoms with Gasteiger partial charge in [-0.3, -0.25) is 0 Å². The molecule has 2 heteroatoms. The lowest BCUT2D eigenvalue weighted by atomic mass is 9.74. The molecule has 0 radical (unpaired) electrons. The third kappa shape index (κ3) is 1.51. The SMILES string of the molecule is CC1(C)c2ccccc2Nc2cccc(Br)c21. The van der Waals surface area contributed by atoms with E-state index in [1.54, 1.807) is 0 Å². The van der Waals surface area contributed by atoms with E-state index in [2.05, 4.69) is 77.6 Å². The second-order valence-electron chi connectivity index (χ2n) is 4.96. The maximum atomic E-state index is 3.67. The van der Waals surface area contributed by atoms with E-state index in [1.165, 1.54) is 27.0 Å². The van der Waals surface area contributed by atoms with Crippen LogP contribution in [0.5, 0.6) is 0 Å². The topological polar surface area (TPSA) is 12.0 Å². The predicted octanol–water partition coefficient (Wildman–Crippen LogP) is 4.83. The minimum atomic E-state index is 0.0251. The van der Waals surface area contributed by atoms with Crippen molar-refractivity contribution in [3.63, 3.8) is 0 Å². The Balaban J connectivity index is 2.32. The summed E-state index contributed by atoms with van der Waals surface area (Å²) in [6.07, 6.45) is 0. The molecule has 1 nitrogen and oxygen atoms in total. The number of nitrogens with one attached hydrogen (secondary N) is 1. The predicted molar refractivity (Wildman–Crippen MR) is 76.0 cm³/mol. The Labute approximate surface area is 110 Å². The lowest BCUT2D eigenvalue weighted by Gasteiger charge is -2.36. The van der Waals surface area contributed by atoms with E-state index in [-0.39, 0.29) is 5.41 Å². The highest BCUT2D eigenvalue weighted by molar-refractivity contribution is 9.10. The van der Waals surface area contributed by atoms with Gasteiger partial charge < -0.3 is 5.32 Å². The van der Waals surface area contributed by atoms with Crippen LogP contribution >= 0.6 is 15.9 Å². The van der Waals surface area contributed by atoms with Crippen molar-refractivity contribution in [2.75, 3.05) is 5.32 Å². The first-order chi connectivity index (χ1) is 8.10. The molecule has 1 aliphatic heterocycles. The van der Waals surface area contributed by atoms with Crippen molar-refractivity contribution in [3.8, 4) is 0 Å². The monoisotopic (exact) mass is 287 g/mol. The molecule has 2 aromatic rings. The maximum Gasteiger partial charge on any atom is 0.0437 e. The van der Waals surface area contributed by atoms with E-state index in [1.807, 2.05) is 0 Å². The van der Waals surface area contributed by atoms with Crippen molar-refractivity contribution in [2.24, 2.45) is 0 Å². The van der Waals surface area contributed by atoms with Crippen LogP contribution in [0, 0.1) is 0 Å². The molecule has 17 heavy (non-hydrogen) atoms. The van der Waals surface area contributed by atoms with Gasteiger partial charge in [0.05, 0.1) is 0 Å². The molecular formula is C15H14BrN. The molecule has 0 aromatic heterocycles. The zero-order chi connectivity index (χ0) is 12.0. The lowest BCUT2D eigenvalue weighted by Crippen LogP contribution is -2.26. The Morgan fingerprint density at radius 2 is 1.65 bits per heavy atom. The minimum Gasteiger partial charge on any atom is -0.355 e. The number of para-hydroxylation sites is 1. The van der Waals surface area contributed by atoms with E-state index in [0.29, 0.717) is 0 Å². The maximum absolute atomic E-state index is 3.67. The number of benzene rings is 2. The van der Waals surface area contributed by atoms with Crippen LogP contribution in [0.3, 0.4) is 0 Å². The van der Waals surface area contributed by atoms with Gasteiger partial charge in [-0.05, 0) is 29.3 Å². The molecule has 1 heterocycles. The smallest absolute Gasteiger partial charge is 0.0437 e. The number of hydrogen-bond acceptors (Lipinski definition) is 1. The van der Waals surface area contributed by atoms with Crippen molar-refractivity contribution in [3.05, 3.63) is 58.1 Å². The van der Waals surface area contributed by atoms with E-state index in [9.17, 15) is 0 Å². The molecule has 86 valence electrons. The van der Waals surface area contributed by atoms with Gasteiger partial charge >= 0.3 is 0 Å². The van der Waals surface area contributed by atoms with E-state index in [0.717, 1.165) is 0 Å². The van der Waals surface area contributed by atoms with Gasteiger partial charge in [0.1, 0.15) is 0 Å². The molecular weight excluding hydrogens is 274 g/mol. The summed E-state index contributed by atoms with van der Waals surface area (Å²) in [4.78, 5) is 0. The van der Waals surface area contributed by atoms with Crippen LogP contribution in [0.2, 0.25) is 0 Å². The molecule has 1 N–H and O–H groups in total. The first-order valence-electron chi connectivity index (χ1n) is 5.76. The van der Waals surface area contributed by atoms with Gasteiger partial charge in [0.25, 0.3) is 0 Å². The molecule has 3 rings (SSSR count). The van der Waals surface area contributed by atoms with Crippen molar-refractivity contribution < 1.29 is 0 Å². The molecule has 0 atom stereocenters. The second-order valence-corrected chi connectivity index (χ2v) is 5.81. The summed E-state index contributed by atoms with van der Waals surface area (Å²) in [7, 11) is 0. The van der Waals surface area contributed by atoms with Crippen LogP contribution in [0.15, 0.2) is 46.9 Å². The van der Waals surface area contributed by atoms with Crippen molar-refractivity contribution >= 4 is 27.3 Å². The van der Waals surface area contributed by atoms with Gasteiger partial charge in [-0.1, -0.05) is 54.0 Å². The number of fused-ring (bicyclic) bond motifs is 2. The number of anilines is 2. The van der Waals surface area contributed by atoms with Crippen LogP contribution in [-0.4, -0.2) is 0 Å². The Morgan fingerprint density at radius 3 is 2.47 bits per heavy atom. The molecule has 0 saturated heterocycles. The fraction of sp³-hybridized carbons (Fsp3) is 0.200. The highest BCUT2D eigenvalue weighted by atomic mass is 79.9. The average Bonchev–Trinajstić information content (AvgIpc) is 2.28. The highest BCUT2D eigenvalue weighted by Crippen LogP contribution is 2.47. The number of rotatable bonds is 0. The quantitative estimate of drug-likeness (QED) is 0.732. The van der Waals surface area contributed by atoms with Gasteiger partial charge in [-0.2, -0.15) is 0 Å². The first kappa shape index (κ1) is 10.8. The molecule has 0 spiro atoms. The Morgan fingerprint density at radius 1 is 0.941 bits per heavy atom. The van der Waals surface area contributed by atoms with Gasteiger partial charge in [0.2, 0.25) is 0 Å². The molecule has 0 amide bonds. The van der Waals surface area contributed by atoms with Gasteiger partial charge in [-0.25, -0.2) is 0 Å². The van der Waals surface area contributed by atoms with Crippen LogP contribution < -0.4 is 5.32 Å². The number of halogens is 1. The molecule has 0 saturated carbocycles. The fourth-order valence-corrected chi connectivity index (χ4v) is 3.54. The van der Waals surface area contributed by atoms with Crippen molar-refractivity contribution in [1.29, 1.82) is 0 Å². The minimum absolute atomic E-state index is 0.0251. The molecule has 0 aliphatic carbocycles. The number of hydrogen-bond donors (Lipinski definition) is 1. The first-order valence-corrected chi connectivity index (χ1v) is 6.55. The van der Waals surface area contributed by atoms with Gasteiger partial charge in [0, 0.05) is 21.3 Å². The highest BCUT2D eigenvalue weighted by Gasteiger charge is 2.33.